The van der Waals surface area contributed by atoms with Crippen molar-refractivity contribution >= 4 is 5.95 Å². The average Bonchev–Trinajstić information content (AvgIpc) is 2.62. The van der Waals surface area contributed by atoms with Gasteiger partial charge >= 0.3 is 0 Å². The Hall–Kier alpha value is -0.990. The van der Waals surface area contributed by atoms with Gasteiger partial charge in [0.2, 0.25) is 5.95 Å². The molecule has 0 aliphatic heterocycles. The van der Waals surface area contributed by atoms with E-state index >= 15 is 0 Å². The Kier molecular flexibility index (Phi) is 1.16. The van der Waals surface area contributed by atoms with Gasteiger partial charge in [0.05, 0.1) is 0 Å². The van der Waals surface area contributed by atoms with Crippen molar-refractivity contribution in [2.45, 2.75) is 18.9 Å². The number of imidazole rings is 1. The minimum absolute atomic E-state index is 0.695. The standard InChI is InChI=1S/C7H11N3/c1-10-5-4-8-7(10)9-6-2-3-6/h4-6H,2-3H2,1H3,(H,8,9). The number of nitrogens with zero attached hydrogens (tertiary/aromatic N) is 2. The molecule has 3 heteroatoms. The smallest absolute Gasteiger partial charge is 0.202 e. The Morgan fingerprint density at radius 1 is 1.70 bits per heavy atom. The summed E-state index contributed by atoms with van der Waals surface area (Å²) in [6.45, 7) is 0. The van der Waals surface area contributed by atoms with Crippen molar-refractivity contribution < 1.29 is 0 Å². The first-order valence-electron chi connectivity index (χ1n) is 3.60. The van der Waals surface area contributed by atoms with Crippen molar-refractivity contribution in [2.75, 3.05) is 5.32 Å². The molecule has 2 rings (SSSR count). The average molecular weight is 137 g/mol. The molecule has 0 saturated heterocycles. The molecular weight excluding hydrogens is 126 g/mol. The SMILES string of the molecule is Cn1ccnc1NC1CC1. The Balaban J connectivity index is 2.08. The Morgan fingerprint density at radius 2 is 2.50 bits per heavy atom. The van der Waals surface area contributed by atoms with Crippen molar-refractivity contribution in [3.05, 3.63) is 12.4 Å². The molecule has 0 radical (unpaired) electrons. The number of hydrogen-bond donors (Lipinski definition) is 1. The number of anilines is 1. The van der Waals surface area contributed by atoms with Gasteiger partial charge in [0.25, 0.3) is 0 Å². The molecule has 54 valence electrons. The molecule has 0 aromatic carbocycles. The van der Waals surface area contributed by atoms with Crippen LogP contribution in [-0.2, 0) is 7.05 Å². The fourth-order valence-corrected chi connectivity index (χ4v) is 0.915. The first-order chi connectivity index (χ1) is 4.86. The highest BCUT2D eigenvalue weighted by Gasteiger charge is 2.21. The molecule has 1 aromatic rings. The van der Waals surface area contributed by atoms with Crippen molar-refractivity contribution in [3.63, 3.8) is 0 Å². The van der Waals surface area contributed by atoms with Crippen molar-refractivity contribution in [1.29, 1.82) is 0 Å². The van der Waals surface area contributed by atoms with E-state index in [0.29, 0.717) is 6.04 Å². The number of hydrogen-bond acceptors (Lipinski definition) is 2. The normalized spacial score (nSPS) is 17.3. The molecule has 0 amide bonds. The molecule has 0 unspecified atom stereocenters. The first-order valence-corrected chi connectivity index (χ1v) is 3.60. The minimum Gasteiger partial charge on any atom is -0.353 e. The van der Waals surface area contributed by atoms with Crippen LogP contribution in [0.2, 0.25) is 0 Å². The van der Waals surface area contributed by atoms with E-state index < -0.39 is 0 Å². The van der Waals surface area contributed by atoms with Gasteiger partial charge in [-0.3, -0.25) is 0 Å². The molecule has 3 nitrogen and oxygen atoms in total. The maximum Gasteiger partial charge on any atom is 0.202 e. The van der Waals surface area contributed by atoms with Crippen molar-refractivity contribution in [2.24, 2.45) is 7.05 Å². The fraction of sp³-hybridized carbons (Fsp3) is 0.571. The molecule has 1 N–H and O–H groups in total. The Labute approximate surface area is 60.1 Å². The molecule has 1 saturated carbocycles. The predicted molar refractivity (Wildman–Crippen MR) is 39.9 cm³/mol. The number of aryl methyl sites for hydroxylation is 1. The van der Waals surface area contributed by atoms with Crippen LogP contribution in [0.25, 0.3) is 0 Å². The highest BCUT2D eigenvalue weighted by atomic mass is 15.2. The first kappa shape index (κ1) is 5.77. The second-order valence-corrected chi connectivity index (χ2v) is 2.78. The summed E-state index contributed by atoms with van der Waals surface area (Å²) in [5, 5.41) is 3.32. The van der Waals surface area contributed by atoms with E-state index in [0.717, 1.165) is 5.95 Å². The van der Waals surface area contributed by atoms with Crippen LogP contribution in [-0.4, -0.2) is 15.6 Å². The van der Waals surface area contributed by atoms with Crippen LogP contribution in [0, 0.1) is 0 Å². The van der Waals surface area contributed by atoms with E-state index in [1.54, 1.807) is 0 Å². The summed E-state index contributed by atoms with van der Waals surface area (Å²) in [7, 11) is 2.00. The van der Waals surface area contributed by atoms with E-state index in [1.165, 1.54) is 12.8 Å². The summed E-state index contributed by atoms with van der Waals surface area (Å²) < 4.78 is 2.00. The molecular formula is C7H11N3. The van der Waals surface area contributed by atoms with Gasteiger partial charge in [-0.1, -0.05) is 0 Å². The van der Waals surface area contributed by atoms with Crippen molar-refractivity contribution in [1.82, 2.24) is 9.55 Å². The topological polar surface area (TPSA) is 29.9 Å². The van der Waals surface area contributed by atoms with Gasteiger partial charge in [-0.2, -0.15) is 0 Å². The molecule has 1 aliphatic rings. The highest BCUT2D eigenvalue weighted by molar-refractivity contribution is 5.29. The quantitative estimate of drug-likeness (QED) is 0.659. The Morgan fingerprint density at radius 3 is 3.00 bits per heavy atom. The van der Waals surface area contributed by atoms with E-state index in [1.807, 2.05) is 24.0 Å². The maximum absolute atomic E-state index is 4.15. The highest BCUT2D eigenvalue weighted by Crippen LogP contribution is 2.23. The van der Waals surface area contributed by atoms with Gasteiger partial charge in [-0.05, 0) is 12.8 Å². The molecule has 0 spiro atoms. The van der Waals surface area contributed by atoms with Gasteiger partial charge in [-0.25, -0.2) is 4.98 Å². The van der Waals surface area contributed by atoms with E-state index in [4.69, 9.17) is 0 Å². The van der Waals surface area contributed by atoms with Crippen LogP contribution < -0.4 is 5.32 Å². The summed E-state index contributed by atoms with van der Waals surface area (Å²) in [5.41, 5.74) is 0. The molecule has 1 fully saturated rings. The summed E-state index contributed by atoms with van der Waals surface area (Å²) in [6, 6.07) is 0.695. The van der Waals surface area contributed by atoms with Crippen LogP contribution >= 0.6 is 0 Å². The van der Waals surface area contributed by atoms with Crippen LogP contribution in [0.5, 0.6) is 0 Å². The van der Waals surface area contributed by atoms with E-state index in [-0.39, 0.29) is 0 Å². The van der Waals surface area contributed by atoms with E-state index in [9.17, 15) is 0 Å². The molecule has 1 aliphatic carbocycles. The molecule has 0 bridgehead atoms. The maximum atomic E-state index is 4.15. The lowest BCUT2D eigenvalue weighted by molar-refractivity contribution is 0.899. The zero-order chi connectivity index (χ0) is 6.97. The predicted octanol–water partition coefficient (Wildman–Crippen LogP) is 0.994. The Bertz CT molecular complexity index is 225. The van der Waals surface area contributed by atoms with Crippen LogP contribution in [0.3, 0.4) is 0 Å². The number of rotatable bonds is 2. The summed E-state index contributed by atoms with van der Waals surface area (Å²) in [4.78, 5) is 4.15. The third-order valence-electron chi connectivity index (χ3n) is 1.73. The minimum atomic E-state index is 0.695. The lowest BCUT2D eigenvalue weighted by Crippen LogP contribution is -2.05. The fourth-order valence-electron chi connectivity index (χ4n) is 0.915. The molecule has 1 aromatic heterocycles. The molecule has 1 heterocycles. The van der Waals surface area contributed by atoms with Gasteiger partial charge in [0.15, 0.2) is 0 Å². The zero-order valence-corrected chi connectivity index (χ0v) is 6.04. The van der Waals surface area contributed by atoms with Crippen molar-refractivity contribution in [3.8, 4) is 0 Å². The second-order valence-electron chi connectivity index (χ2n) is 2.78. The van der Waals surface area contributed by atoms with Crippen LogP contribution in [0.15, 0.2) is 12.4 Å². The third kappa shape index (κ3) is 0.988. The third-order valence-corrected chi connectivity index (χ3v) is 1.73. The summed E-state index contributed by atoms with van der Waals surface area (Å²) in [5.74, 6) is 0.988. The second kappa shape index (κ2) is 2.01. The largest absolute Gasteiger partial charge is 0.353 e. The number of aromatic nitrogens is 2. The zero-order valence-electron chi connectivity index (χ0n) is 6.04. The molecule has 10 heavy (non-hydrogen) atoms. The van der Waals surface area contributed by atoms with Crippen LogP contribution in [0.1, 0.15) is 12.8 Å². The summed E-state index contributed by atoms with van der Waals surface area (Å²) in [6.07, 6.45) is 6.36. The van der Waals surface area contributed by atoms with Gasteiger partial charge in [0.1, 0.15) is 0 Å². The number of nitrogens with one attached hydrogen (secondary N) is 1. The lowest BCUT2D eigenvalue weighted by atomic mass is 10.7. The van der Waals surface area contributed by atoms with Crippen LogP contribution in [0.4, 0.5) is 5.95 Å². The van der Waals surface area contributed by atoms with Gasteiger partial charge in [0, 0.05) is 25.5 Å². The van der Waals surface area contributed by atoms with Gasteiger partial charge < -0.3 is 9.88 Å². The lowest BCUT2D eigenvalue weighted by Gasteiger charge is -2.01. The monoisotopic (exact) mass is 137 g/mol. The van der Waals surface area contributed by atoms with E-state index in [2.05, 4.69) is 10.3 Å². The summed E-state index contributed by atoms with van der Waals surface area (Å²) >= 11 is 0. The van der Waals surface area contributed by atoms with Gasteiger partial charge in [-0.15, -0.1) is 0 Å². The molecule has 0 atom stereocenters.